The number of benzene rings is 1. The van der Waals surface area contributed by atoms with Crippen molar-refractivity contribution in [3.8, 4) is 0 Å². The van der Waals surface area contributed by atoms with E-state index in [1.165, 1.54) is 28.6 Å². The Morgan fingerprint density at radius 2 is 2.05 bits per heavy atom. The van der Waals surface area contributed by atoms with Crippen molar-refractivity contribution in [3.63, 3.8) is 0 Å². The molecule has 1 aliphatic heterocycles. The van der Waals surface area contributed by atoms with E-state index in [1.54, 1.807) is 0 Å². The Balaban J connectivity index is 0.00000200. The number of nitrogens with zero attached hydrogens (tertiary/aromatic N) is 2. The fraction of sp³-hybridized carbons (Fsp3) is 0.455. The molecule has 1 aliphatic rings. The first-order valence-corrected chi connectivity index (χ1v) is 7.34. The SMILES string of the molecule is Cl.NCC1CCN(S(=O)(=O)c2ccccc2[N+](=O)[O-])C1. The second kappa shape index (κ2) is 6.49. The molecule has 1 aromatic carbocycles. The van der Waals surface area contributed by atoms with Crippen LogP contribution in [0, 0.1) is 16.0 Å². The van der Waals surface area contributed by atoms with Crippen molar-refractivity contribution >= 4 is 28.1 Å². The summed E-state index contributed by atoms with van der Waals surface area (Å²) >= 11 is 0. The van der Waals surface area contributed by atoms with E-state index in [0.717, 1.165) is 0 Å². The van der Waals surface area contributed by atoms with Gasteiger partial charge >= 0.3 is 0 Å². The zero-order valence-electron chi connectivity index (χ0n) is 10.6. The van der Waals surface area contributed by atoms with Gasteiger partial charge in [0.1, 0.15) is 0 Å². The quantitative estimate of drug-likeness (QED) is 0.657. The van der Waals surface area contributed by atoms with E-state index in [4.69, 9.17) is 5.73 Å². The largest absolute Gasteiger partial charge is 0.330 e. The number of sulfonamides is 1. The Labute approximate surface area is 123 Å². The first-order chi connectivity index (χ1) is 8.96. The number of para-hydroxylation sites is 1. The lowest BCUT2D eigenvalue weighted by molar-refractivity contribution is -0.387. The summed E-state index contributed by atoms with van der Waals surface area (Å²) in [6.07, 6.45) is 0.691. The summed E-state index contributed by atoms with van der Waals surface area (Å²) in [7, 11) is -3.82. The third kappa shape index (κ3) is 3.09. The number of nitro groups is 1. The average Bonchev–Trinajstić information content (AvgIpc) is 2.88. The third-order valence-corrected chi connectivity index (χ3v) is 5.17. The van der Waals surface area contributed by atoms with Crippen LogP contribution in [-0.2, 0) is 10.0 Å². The normalized spacial score (nSPS) is 19.6. The fourth-order valence-corrected chi connectivity index (χ4v) is 3.86. The van der Waals surface area contributed by atoms with E-state index >= 15 is 0 Å². The minimum atomic E-state index is -3.82. The van der Waals surface area contributed by atoms with Gasteiger partial charge in [-0.3, -0.25) is 10.1 Å². The summed E-state index contributed by atoms with van der Waals surface area (Å²) in [5, 5.41) is 10.9. The lowest BCUT2D eigenvalue weighted by atomic mass is 10.1. The van der Waals surface area contributed by atoms with E-state index in [0.29, 0.717) is 26.1 Å². The second-order valence-corrected chi connectivity index (χ2v) is 6.38. The van der Waals surface area contributed by atoms with Crippen LogP contribution in [0.5, 0.6) is 0 Å². The topological polar surface area (TPSA) is 107 Å². The Hall–Kier alpha value is -1.22. The summed E-state index contributed by atoms with van der Waals surface area (Å²) in [5.41, 5.74) is 5.14. The first-order valence-electron chi connectivity index (χ1n) is 5.90. The number of nitro benzene ring substituents is 1. The lowest BCUT2D eigenvalue weighted by Gasteiger charge is -2.16. The van der Waals surface area contributed by atoms with Crippen LogP contribution in [0.3, 0.4) is 0 Å². The van der Waals surface area contributed by atoms with Crippen molar-refractivity contribution < 1.29 is 13.3 Å². The molecule has 2 rings (SSSR count). The molecule has 0 saturated carbocycles. The number of halogens is 1. The number of hydrogen-bond acceptors (Lipinski definition) is 5. The highest BCUT2D eigenvalue weighted by molar-refractivity contribution is 7.89. The molecule has 20 heavy (non-hydrogen) atoms. The molecule has 1 heterocycles. The fourth-order valence-electron chi connectivity index (χ4n) is 2.17. The highest BCUT2D eigenvalue weighted by Crippen LogP contribution is 2.29. The van der Waals surface area contributed by atoms with Gasteiger partial charge in [-0.15, -0.1) is 12.4 Å². The van der Waals surface area contributed by atoms with Crippen molar-refractivity contribution in [2.45, 2.75) is 11.3 Å². The van der Waals surface area contributed by atoms with E-state index in [-0.39, 0.29) is 23.2 Å². The number of hydrogen-bond donors (Lipinski definition) is 1. The molecule has 1 unspecified atom stereocenters. The molecule has 7 nitrogen and oxygen atoms in total. The molecule has 2 N–H and O–H groups in total. The summed E-state index contributed by atoms with van der Waals surface area (Å²) in [6, 6.07) is 5.40. The molecular formula is C11H16ClN3O4S. The van der Waals surface area contributed by atoms with E-state index < -0.39 is 20.6 Å². The third-order valence-electron chi connectivity index (χ3n) is 3.26. The standard InChI is InChI=1S/C11H15N3O4S.ClH/c12-7-9-5-6-13(8-9)19(17,18)11-4-2-1-3-10(11)14(15)16;/h1-4,9H,5-8,12H2;1H. The molecule has 1 saturated heterocycles. The molecule has 0 aliphatic carbocycles. The van der Waals surface area contributed by atoms with Crippen molar-refractivity contribution in [1.29, 1.82) is 0 Å². The molecule has 1 fully saturated rings. The highest BCUT2D eigenvalue weighted by atomic mass is 35.5. The molecular weight excluding hydrogens is 306 g/mol. The summed E-state index contributed by atoms with van der Waals surface area (Å²) < 4.78 is 26.1. The maximum atomic E-state index is 12.4. The van der Waals surface area contributed by atoms with Crippen molar-refractivity contribution in [1.82, 2.24) is 4.31 Å². The highest BCUT2D eigenvalue weighted by Gasteiger charge is 2.35. The molecule has 1 aromatic rings. The Kier molecular flexibility index (Phi) is 5.46. The van der Waals surface area contributed by atoms with Gasteiger partial charge in [-0.05, 0) is 24.9 Å². The van der Waals surface area contributed by atoms with Gasteiger partial charge in [0, 0.05) is 19.2 Å². The van der Waals surface area contributed by atoms with Crippen LogP contribution in [0.15, 0.2) is 29.2 Å². The second-order valence-electron chi connectivity index (χ2n) is 4.48. The van der Waals surface area contributed by atoms with Gasteiger partial charge < -0.3 is 5.73 Å². The summed E-state index contributed by atoms with van der Waals surface area (Å²) in [5.74, 6) is 0.123. The van der Waals surface area contributed by atoms with Crippen LogP contribution in [0.4, 0.5) is 5.69 Å². The minimum absolute atomic E-state index is 0. The molecule has 112 valence electrons. The van der Waals surface area contributed by atoms with Crippen molar-refractivity contribution in [3.05, 3.63) is 34.4 Å². The van der Waals surface area contributed by atoms with Crippen LogP contribution in [0.1, 0.15) is 6.42 Å². The van der Waals surface area contributed by atoms with Gasteiger partial charge in [0.2, 0.25) is 10.0 Å². The monoisotopic (exact) mass is 321 g/mol. The Bertz CT molecular complexity index is 593. The van der Waals surface area contributed by atoms with Crippen LogP contribution in [-0.4, -0.2) is 37.3 Å². The molecule has 0 amide bonds. The predicted octanol–water partition coefficient (Wildman–Crippen LogP) is 0.986. The van der Waals surface area contributed by atoms with E-state index in [2.05, 4.69) is 0 Å². The number of rotatable bonds is 4. The first kappa shape index (κ1) is 16.8. The molecule has 0 spiro atoms. The van der Waals surface area contributed by atoms with E-state index in [1.807, 2.05) is 0 Å². The smallest absolute Gasteiger partial charge is 0.289 e. The Morgan fingerprint density at radius 1 is 1.40 bits per heavy atom. The number of nitrogens with two attached hydrogens (primary N) is 1. The molecule has 1 atom stereocenters. The van der Waals surface area contributed by atoms with Crippen LogP contribution < -0.4 is 5.73 Å². The van der Waals surface area contributed by atoms with E-state index in [9.17, 15) is 18.5 Å². The molecule has 0 bridgehead atoms. The van der Waals surface area contributed by atoms with Gasteiger partial charge in [0.25, 0.3) is 5.69 Å². The van der Waals surface area contributed by atoms with Gasteiger partial charge in [0.15, 0.2) is 4.90 Å². The van der Waals surface area contributed by atoms with Gasteiger partial charge in [-0.1, -0.05) is 12.1 Å². The van der Waals surface area contributed by atoms with Gasteiger partial charge in [-0.25, -0.2) is 8.42 Å². The van der Waals surface area contributed by atoms with Gasteiger partial charge in [-0.2, -0.15) is 4.31 Å². The van der Waals surface area contributed by atoms with Crippen LogP contribution in [0.2, 0.25) is 0 Å². The molecule has 9 heteroatoms. The summed E-state index contributed by atoms with van der Waals surface area (Å²) in [4.78, 5) is 9.98. The predicted molar refractivity (Wildman–Crippen MR) is 76.3 cm³/mol. The average molecular weight is 322 g/mol. The maximum absolute atomic E-state index is 12.4. The van der Waals surface area contributed by atoms with Crippen LogP contribution in [0.25, 0.3) is 0 Å². The molecule has 0 radical (unpaired) electrons. The maximum Gasteiger partial charge on any atom is 0.289 e. The Morgan fingerprint density at radius 3 is 2.60 bits per heavy atom. The van der Waals surface area contributed by atoms with Crippen molar-refractivity contribution in [2.24, 2.45) is 11.7 Å². The lowest BCUT2D eigenvalue weighted by Crippen LogP contribution is -2.30. The zero-order chi connectivity index (χ0) is 14.0. The minimum Gasteiger partial charge on any atom is -0.330 e. The zero-order valence-corrected chi connectivity index (χ0v) is 12.3. The summed E-state index contributed by atoms with van der Waals surface area (Å²) in [6.45, 7) is 1.10. The van der Waals surface area contributed by atoms with Crippen molar-refractivity contribution in [2.75, 3.05) is 19.6 Å². The van der Waals surface area contributed by atoms with Gasteiger partial charge in [0.05, 0.1) is 4.92 Å². The van der Waals surface area contributed by atoms with Crippen LogP contribution >= 0.6 is 12.4 Å². The molecule has 0 aromatic heterocycles.